The zero-order valence-corrected chi connectivity index (χ0v) is 16.7. The molecule has 0 amide bonds. The van der Waals surface area contributed by atoms with Crippen molar-refractivity contribution in [1.82, 2.24) is 14.9 Å². The Morgan fingerprint density at radius 1 is 1.14 bits per heavy atom. The first kappa shape index (κ1) is 18.6. The van der Waals surface area contributed by atoms with E-state index in [0.717, 1.165) is 47.9 Å². The molecule has 4 rings (SSSR count). The maximum atomic E-state index is 12.7. The van der Waals surface area contributed by atoms with Gasteiger partial charge in [-0.3, -0.25) is 4.79 Å². The lowest BCUT2D eigenvalue weighted by molar-refractivity contribution is 0.0983. The van der Waals surface area contributed by atoms with E-state index in [1.807, 2.05) is 29.6 Å². The third kappa shape index (κ3) is 4.05. The van der Waals surface area contributed by atoms with Crippen molar-refractivity contribution >= 4 is 28.5 Å². The average Bonchev–Trinajstić information content (AvgIpc) is 3.25. The van der Waals surface area contributed by atoms with Gasteiger partial charge in [0.1, 0.15) is 0 Å². The molecule has 6 nitrogen and oxygen atoms in total. The van der Waals surface area contributed by atoms with Gasteiger partial charge in [-0.05, 0) is 41.8 Å². The van der Waals surface area contributed by atoms with Crippen LogP contribution >= 0.6 is 11.3 Å². The van der Waals surface area contributed by atoms with Crippen molar-refractivity contribution in [3.05, 3.63) is 59.5 Å². The molecule has 28 heavy (non-hydrogen) atoms. The Balaban J connectivity index is 1.47. The van der Waals surface area contributed by atoms with Gasteiger partial charge in [-0.25, -0.2) is 9.97 Å². The summed E-state index contributed by atoms with van der Waals surface area (Å²) in [4.78, 5) is 27.0. The molecule has 0 unspecified atom stereocenters. The van der Waals surface area contributed by atoms with Gasteiger partial charge in [0.05, 0.1) is 18.1 Å². The fourth-order valence-corrected chi connectivity index (χ4v) is 4.02. The van der Waals surface area contributed by atoms with Crippen LogP contribution in [0.25, 0.3) is 10.4 Å². The predicted octanol–water partition coefficient (Wildman–Crippen LogP) is 2.96. The highest BCUT2D eigenvalue weighted by molar-refractivity contribution is 7.13. The van der Waals surface area contributed by atoms with Crippen molar-refractivity contribution in [2.45, 2.75) is 6.42 Å². The molecule has 7 heteroatoms. The molecular weight excluding hydrogens is 370 g/mol. The summed E-state index contributed by atoms with van der Waals surface area (Å²) in [5, 5.41) is 2.03. The van der Waals surface area contributed by atoms with Crippen LogP contribution in [0.1, 0.15) is 16.2 Å². The zero-order chi connectivity index (χ0) is 19.5. The summed E-state index contributed by atoms with van der Waals surface area (Å²) in [5.41, 5.74) is 9.55. The van der Waals surface area contributed by atoms with Gasteiger partial charge in [0, 0.05) is 43.2 Å². The van der Waals surface area contributed by atoms with Gasteiger partial charge in [0.15, 0.2) is 5.82 Å². The summed E-state index contributed by atoms with van der Waals surface area (Å²) in [6.07, 6.45) is 3.69. The van der Waals surface area contributed by atoms with E-state index in [9.17, 15) is 4.79 Å². The lowest BCUT2D eigenvalue weighted by Crippen LogP contribution is -2.44. The molecule has 1 saturated heterocycles. The molecule has 0 radical (unpaired) electrons. The summed E-state index contributed by atoms with van der Waals surface area (Å²) in [6.45, 7) is 3.92. The maximum absolute atomic E-state index is 12.7. The van der Waals surface area contributed by atoms with Crippen molar-refractivity contribution in [2.75, 3.05) is 43.9 Å². The average molecular weight is 394 g/mol. The molecule has 0 atom stereocenters. The number of carbonyl (C=O) groups is 1. The molecule has 0 spiro atoms. The van der Waals surface area contributed by atoms with Crippen LogP contribution < -0.4 is 10.6 Å². The number of piperazine rings is 1. The van der Waals surface area contributed by atoms with Gasteiger partial charge in [0.2, 0.25) is 5.78 Å². The molecule has 0 aliphatic carbocycles. The van der Waals surface area contributed by atoms with Crippen LogP contribution in [-0.2, 0) is 6.42 Å². The van der Waals surface area contributed by atoms with Gasteiger partial charge in [-0.15, -0.1) is 11.3 Å². The number of Topliss-reactive ketones (excluding diaryl/α,β-unsaturated/α-hetero) is 1. The fraction of sp³-hybridized carbons (Fsp3) is 0.286. The molecule has 0 bridgehead atoms. The Kier molecular flexibility index (Phi) is 5.36. The van der Waals surface area contributed by atoms with Crippen molar-refractivity contribution in [3.8, 4) is 10.4 Å². The molecule has 144 valence electrons. The lowest BCUT2D eigenvalue weighted by Gasteiger charge is -2.33. The van der Waals surface area contributed by atoms with Gasteiger partial charge in [-0.2, -0.15) is 0 Å². The number of nitrogen functional groups attached to an aromatic ring is 1. The first-order valence-electron chi connectivity index (χ1n) is 9.31. The molecule has 1 aliphatic rings. The molecule has 1 aromatic carbocycles. The summed E-state index contributed by atoms with van der Waals surface area (Å²) < 4.78 is 0. The van der Waals surface area contributed by atoms with E-state index in [1.165, 1.54) is 0 Å². The van der Waals surface area contributed by atoms with Crippen molar-refractivity contribution in [2.24, 2.45) is 0 Å². The second-order valence-corrected chi connectivity index (χ2v) is 7.99. The predicted molar refractivity (Wildman–Crippen MR) is 114 cm³/mol. The second kappa shape index (κ2) is 8.08. The van der Waals surface area contributed by atoms with E-state index < -0.39 is 0 Å². The van der Waals surface area contributed by atoms with E-state index in [-0.39, 0.29) is 18.0 Å². The zero-order valence-electron chi connectivity index (χ0n) is 15.8. The van der Waals surface area contributed by atoms with E-state index in [4.69, 9.17) is 5.73 Å². The Labute approximate surface area is 168 Å². The van der Waals surface area contributed by atoms with E-state index in [2.05, 4.69) is 32.9 Å². The van der Waals surface area contributed by atoms with E-state index >= 15 is 0 Å². The highest BCUT2D eigenvalue weighted by Crippen LogP contribution is 2.28. The number of nitrogens with zero attached hydrogens (tertiary/aromatic N) is 4. The molecular formula is C21H23N5OS. The van der Waals surface area contributed by atoms with Crippen LogP contribution in [-0.4, -0.2) is 53.9 Å². The molecule has 3 aromatic rings. The topological polar surface area (TPSA) is 75.3 Å². The highest BCUT2D eigenvalue weighted by atomic mass is 32.1. The largest absolute Gasteiger partial charge is 0.398 e. The summed E-state index contributed by atoms with van der Waals surface area (Å²) in [5.74, 6) is 0.110. The van der Waals surface area contributed by atoms with Gasteiger partial charge in [0.25, 0.3) is 0 Å². The highest BCUT2D eigenvalue weighted by Gasteiger charge is 2.17. The number of likely N-dealkylation sites (N-methyl/N-ethyl adjacent to an activating group) is 1. The van der Waals surface area contributed by atoms with Crippen LogP contribution in [0.15, 0.2) is 48.1 Å². The number of anilines is 2. The normalized spacial score (nSPS) is 15.0. The molecule has 0 saturated carbocycles. The minimum atomic E-state index is -0.125. The number of nitrogens with two attached hydrogens (primary N) is 1. The van der Waals surface area contributed by atoms with Crippen LogP contribution in [0, 0.1) is 0 Å². The van der Waals surface area contributed by atoms with Gasteiger partial charge < -0.3 is 15.5 Å². The minimum Gasteiger partial charge on any atom is -0.398 e. The molecule has 3 heterocycles. The maximum Gasteiger partial charge on any atom is 0.204 e. The van der Waals surface area contributed by atoms with Crippen molar-refractivity contribution in [1.29, 1.82) is 0 Å². The number of hydrogen-bond donors (Lipinski definition) is 1. The Morgan fingerprint density at radius 2 is 1.89 bits per heavy atom. The number of ketones is 1. The first-order valence-corrected chi connectivity index (χ1v) is 10.2. The monoisotopic (exact) mass is 393 g/mol. The van der Waals surface area contributed by atoms with Crippen LogP contribution in [0.4, 0.5) is 11.4 Å². The lowest BCUT2D eigenvalue weighted by atomic mass is 10.0. The Hall–Kier alpha value is -2.77. The summed E-state index contributed by atoms with van der Waals surface area (Å²) in [6, 6.07) is 9.89. The van der Waals surface area contributed by atoms with Gasteiger partial charge >= 0.3 is 0 Å². The Bertz CT molecular complexity index is 947. The SMILES string of the molecule is CN1CCN(c2cnc(C(=O)Cc3cc(-c4cccs4)ccc3N)nc2)CC1. The molecule has 1 fully saturated rings. The third-order valence-corrected chi connectivity index (χ3v) is 5.97. The van der Waals surface area contributed by atoms with Crippen LogP contribution in [0.3, 0.4) is 0 Å². The fourth-order valence-electron chi connectivity index (χ4n) is 3.30. The summed E-state index contributed by atoms with van der Waals surface area (Å²) in [7, 11) is 2.12. The van der Waals surface area contributed by atoms with Crippen molar-refractivity contribution in [3.63, 3.8) is 0 Å². The van der Waals surface area contributed by atoms with Crippen LogP contribution in [0.5, 0.6) is 0 Å². The molecule has 1 aliphatic heterocycles. The molecule has 2 aromatic heterocycles. The second-order valence-electron chi connectivity index (χ2n) is 7.05. The van der Waals surface area contributed by atoms with E-state index in [0.29, 0.717) is 5.69 Å². The number of rotatable bonds is 5. The van der Waals surface area contributed by atoms with Crippen LogP contribution in [0.2, 0.25) is 0 Å². The molecule has 2 N–H and O–H groups in total. The number of thiophene rings is 1. The number of hydrogen-bond acceptors (Lipinski definition) is 7. The quantitative estimate of drug-likeness (QED) is 0.531. The van der Waals surface area contributed by atoms with Gasteiger partial charge in [-0.1, -0.05) is 12.1 Å². The van der Waals surface area contributed by atoms with E-state index in [1.54, 1.807) is 23.7 Å². The third-order valence-electron chi connectivity index (χ3n) is 5.06. The number of carbonyl (C=O) groups excluding carboxylic acids is 1. The standard InChI is InChI=1S/C21H23N5OS/c1-25-6-8-26(9-7-25)17-13-23-21(24-14-17)19(27)12-16-11-15(4-5-18(16)22)20-3-2-10-28-20/h2-5,10-11,13-14H,6-9,12,22H2,1H3. The number of benzene rings is 1. The first-order chi connectivity index (χ1) is 13.6. The summed E-state index contributed by atoms with van der Waals surface area (Å²) >= 11 is 1.66. The Morgan fingerprint density at radius 3 is 2.57 bits per heavy atom. The number of aromatic nitrogens is 2. The smallest absolute Gasteiger partial charge is 0.204 e. The minimum absolute atomic E-state index is 0.125. The van der Waals surface area contributed by atoms with Crippen molar-refractivity contribution < 1.29 is 4.79 Å².